The molecule has 0 aliphatic heterocycles. The van der Waals surface area contributed by atoms with Crippen LogP contribution < -0.4 is 10.6 Å². The van der Waals surface area contributed by atoms with Crippen LogP contribution in [-0.2, 0) is 13.6 Å². The van der Waals surface area contributed by atoms with E-state index >= 15 is 0 Å². The van der Waals surface area contributed by atoms with Crippen molar-refractivity contribution in [2.45, 2.75) is 19.9 Å². The molecule has 2 N–H and O–H groups in total. The Morgan fingerprint density at radius 3 is 2.67 bits per heavy atom. The predicted molar refractivity (Wildman–Crippen MR) is 73.6 cm³/mol. The first-order valence-corrected chi connectivity index (χ1v) is 6.20. The van der Waals surface area contributed by atoms with E-state index in [0.29, 0.717) is 6.54 Å². The summed E-state index contributed by atoms with van der Waals surface area (Å²) in [5, 5.41) is 6.54. The minimum absolute atomic E-state index is 0.674. The molecule has 0 aliphatic rings. The number of pyridine rings is 1. The Hall–Kier alpha value is -2.04. The maximum atomic E-state index is 4.48. The minimum Gasteiger partial charge on any atom is -0.370 e. The number of hydrogen-bond donors (Lipinski definition) is 2. The van der Waals surface area contributed by atoms with Gasteiger partial charge < -0.3 is 15.2 Å². The highest BCUT2D eigenvalue weighted by Gasteiger charge is 2.00. The standard InChI is InChI=1S/C13H19N5/c1-3-7-14-11-5-4-6-12(17-11)16-10-13-15-8-9-18(13)2/h4-6,8-9H,3,7,10H2,1-2H3,(H2,14,16,17). The maximum Gasteiger partial charge on any atom is 0.128 e. The Labute approximate surface area is 107 Å². The van der Waals surface area contributed by atoms with E-state index in [-0.39, 0.29) is 0 Å². The quantitative estimate of drug-likeness (QED) is 0.819. The van der Waals surface area contributed by atoms with E-state index in [1.54, 1.807) is 6.20 Å². The number of hydrogen-bond acceptors (Lipinski definition) is 4. The van der Waals surface area contributed by atoms with Crippen molar-refractivity contribution in [1.29, 1.82) is 0 Å². The lowest BCUT2D eigenvalue weighted by atomic mass is 10.4. The number of aromatic nitrogens is 3. The summed E-state index contributed by atoms with van der Waals surface area (Å²) >= 11 is 0. The van der Waals surface area contributed by atoms with Gasteiger partial charge in [-0.15, -0.1) is 0 Å². The van der Waals surface area contributed by atoms with E-state index in [2.05, 4.69) is 27.5 Å². The second kappa shape index (κ2) is 6.05. The van der Waals surface area contributed by atoms with Gasteiger partial charge in [-0.2, -0.15) is 0 Å². The molecule has 18 heavy (non-hydrogen) atoms. The van der Waals surface area contributed by atoms with Crippen molar-refractivity contribution < 1.29 is 0 Å². The minimum atomic E-state index is 0.674. The topological polar surface area (TPSA) is 54.8 Å². The highest BCUT2D eigenvalue weighted by molar-refractivity contribution is 5.45. The molecule has 0 fully saturated rings. The Balaban J connectivity index is 1.95. The molecule has 0 saturated heterocycles. The van der Waals surface area contributed by atoms with Gasteiger partial charge in [0.25, 0.3) is 0 Å². The lowest BCUT2D eigenvalue weighted by Gasteiger charge is -2.08. The van der Waals surface area contributed by atoms with Crippen LogP contribution in [0.3, 0.4) is 0 Å². The highest BCUT2D eigenvalue weighted by Crippen LogP contribution is 2.10. The molecule has 0 amide bonds. The van der Waals surface area contributed by atoms with Crippen LogP contribution >= 0.6 is 0 Å². The van der Waals surface area contributed by atoms with Crippen LogP contribution in [0.25, 0.3) is 0 Å². The summed E-state index contributed by atoms with van der Waals surface area (Å²) in [4.78, 5) is 8.74. The zero-order valence-electron chi connectivity index (χ0n) is 10.8. The smallest absolute Gasteiger partial charge is 0.128 e. The Morgan fingerprint density at radius 1 is 1.22 bits per heavy atom. The van der Waals surface area contributed by atoms with Crippen molar-refractivity contribution in [3.8, 4) is 0 Å². The molecule has 2 aromatic heterocycles. The SMILES string of the molecule is CCCNc1cccc(NCc2nccn2C)n1. The van der Waals surface area contributed by atoms with Gasteiger partial charge in [0, 0.05) is 26.0 Å². The summed E-state index contributed by atoms with van der Waals surface area (Å²) in [5.41, 5.74) is 0. The van der Waals surface area contributed by atoms with Crippen LogP contribution in [0.2, 0.25) is 0 Å². The Morgan fingerprint density at radius 2 is 2.00 bits per heavy atom. The molecule has 2 rings (SSSR count). The fourth-order valence-electron chi connectivity index (χ4n) is 1.62. The van der Waals surface area contributed by atoms with Gasteiger partial charge in [0.15, 0.2) is 0 Å². The normalized spacial score (nSPS) is 10.3. The molecule has 0 atom stereocenters. The fourth-order valence-corrected chi connectivity index (χ4v) is 1.62. The third-order valence-electron chi connectivity index (χ3n) is 2.65. The van der Waals surface area contributed by atoms with Crippen LogP contribution in [0.5, 0.6) is 0 Å². The number of nitrogens with one attached hydrogen (secondary N) is 2. The third kappa shape index (κ3) is 3.23. The number of anilines is 2. The molecule has 0 aliphatic carbocycles. The molecule has 0 spiro atoms. The van der Waals surface area contributed by atoms with Crippen LogP contribution in [0.4, 0.5) is 11.6 Å². The highest BCUT2D eigenvalue weighted by atomic mass is 15.1. The Bertz CT molecular complexity index is 492. The molecule has 2 heterocycles. The summed E-state index contributed by atoms with van der Waals surface area (Å²) in [5.74, 6) is 2.75. The van der Waals surface area contributed by atoms with Gasteiger partial charge >= 0.3 is 0 Å². The average molecular weight is 245 g/mol. The molecule has 96 valence electrons. The molecule has 5 nitrogen and oxygen atoms in total. The predicted octanol–water partition coefficient (Wildman–Crippen LogP) is 2.25. The van der Waals surface area contributed by atoms with Crippen LogP contribution in [-0.4, -0.2) is 21.1 Å². The molecular formula is C13H19N5. The van der Waals surface area contributed by atoms with Gasteiger partial charge in [-0.25, -0.2) is 9.97 Å². The van der Waals surface area contributed by atoms with E-state index in [1.165, 1.54) is 0 Å². The van der Waals surface area contributed by atoms with Gasteiger partial charge in [-0.05, 0) is 18.6 Å². The van der Waals surface area contributed by atoms with Crippen molar-refractivity contribution in [2.75, 3.05) is 17.2 Å². The fraction of sp³-hybridized carbons (Fsp3) is 0.385. The third-order valence-corrected chi connectivity index (χ3v) is 2.65. The summed E-state index contributed by atoms with van der Waals surface area (Å²) < 4.78 is 1.99. The zero-order chi connectivity index (χ0) is 12.8. The first-order chi connectivity index (χ1) is 8.79. The molecular weight excluding hydrogens is 226 g/mol. The van der Waals surface area contributed by atoms with E-state index in [1.807, 2.05) is 36.0 Å². The van der Waals surface area contributed by atoms with Gasteiger partial charge in [0.1, 0.15) is 17.5 Å². The van der Waals surface area contributed by atoms with Gasteiger partial charge in [0.2, 0.25) is 0 Å². The largest absolute Gasteiger partial charge is 0.370 e. The van der Waals surface area contributed by atoms with Gasteiger partial charge in [0.05, 0.1) is 6.54 Å². The molecule has 0 saturated carbocycles. The molecule has 2 aromatic rings. The maximum absolute atomic E-state index is 4.48. The van der Waals surface area contributed by atoms with E-state index < -0.39 is 0 Å². The second-order valence-electron chi connectivity index (χ2n) is 4.14. The van der Waals surface area contributed by atoms with Crippen LogP contribution in [0, 0.1) is 0 Å². The molecule has 0 bridgehead atoms. The number of rotatable bonds is 6. The lowest BCUT2D eigenvalue weighted by molar-refractivity contribution is 0.811. The number of imidazole rings is 1. The van der Waals surface area contributed by atoms with Crippen molar-refractivity contribution >= 4 is 11.6 Å². The lowest BCUT2D eigenvalue weighted by Crippen LogP contribution is -2.08. The summed E-state index contributed by atoms with van der Waals surface area (Å²) in [6.07, 6.45) is 4.82. The zero-order valence-corrected chi connectivity index (χ0v) is 10.8. The summed E-state index contributed by atoms with van der Waals surface area (Å²) in [7, 11) is 1.98. The van der Waals surface area contributed by atoms with Crippen LogP contribution in [0.15, 0.2) is 30.6 Å². The summed E-state index contributed by atoms with van der Waals surface area (Å²) in [6, 6.07) is 5.92. The number of aryl methyl sites for hydroxylation is 1. The first-order valence-electron chi connectivity index (χ1n) is 6.20. The molecule has 0 radical (unpaired) electrons. The van der Waals surface area contributed by atoms with Crippen molar-refractivity contribution in [3.63, 3.8) is 0 Å². The van der Waals surface area contributed by atoms with Crippen molar-refractivity contribution in [1.82, 2.24) is 14.5 Å². The van der Waals surface area contributed by atoms with E-state index in [9.17, 15) is 0 Å². The van der Waals surface area contributed by atoms with Crippen LogP contribution in [0.1, 0.15) is 19.2 Å². The van der Waals surface area contributed by atoms with E-state index in [4.69, 9.17) is 0 Å². The van der Waals surface area contributed by atoms with E-state index in [0.717, 1.165) is 30.4 Å². The molecule has 5 heteroatoms. The summed E-state index contributed by atoms with van der Waals surface area (Å²) in [6.45, 7) is 3.75. The average Bonchev–Trinajstić information content (AvgIpc) is 2.80. The Kier molecular flexibility index (Phi) is 4.17. The molecule has 0 aromatic carbocycles. The van der Waals surface area contributed by atoms with Crippen molar-refractivity contribution in [3.05, 3.63) is 36.4 Å². The van der Waals surface area contributed by atoms with Gasteiger partial charge in [-0.1, -0.05) is 13.0 Å². The van der Waals surface area contributed by atoms with Gasteiger partial charge in [-0.3, -0.25) is 0 Å². The van der Waals surface area contributed by atoms with Crippen molar-refractivity contribution in [2.24, 2.45) is 7.05 Å². The monoisotopic (exact) mass is 245 g/mol. The second-order valence-corrected chi connectivity index (χ2v) is 4.14. The first kappa shape index (κ1) is 12.4. The number of nitrogens with zero attached hydrogens (tertiary/aromatic N) is 3. The molecule has 0 unspecified atom stereocenters.